The molecule has 9 nitrogen and oxygen atoms in total. The molecular formula is C20H16N8O. The lowest BCUT2D eigenvalue weighted by Gasteiger charge is -2.13. The Kier molecular flexibility index (Phi) is 3.40. The third kappa shape index (κ3) is 2.59. The maximum Gasteiger partial charge on any atom is 0.254 e. The Morgan fingerprint density at radius 1 is 1.17 bits per heavy atom. The van der Waals surface area contributed by atoms with Crippen LogP contribution in [0.1, 0.15) is 29.5 Å². The van der Waals surface area contributed by atoms with Crippen molar-refractivity contribution in [2.24, 2.45) is 5.41 Å². The summed E-state index contributed by atoms with van der Waals surface area (Å²) in [6.45, 7) is 3.86. The molecule has 5 rings (SSSR count). The van der Waals surface area contributed by atoms with Gasteiger partial charge in [0.05, 0.1) is 23.1 Å². The highest BCUT2D eigenvalue weighted by atomic mass is 16.5. The predicted molar refractivity (Wildman–Crippen MR) is 104 cm³/mol. The Bertz CT molecular complexity index is 1250. The maximum absolute atomic E-state index is 9.27. The number of benzene rings is 1. The molecule has 142 valence electrons. The van der Waals surface area contributed by atoms with Crippen molar-refractivity contribution in [1.29, 1.82) is 10.5 Å². The largest absolute Gasteiger partial charge is 0.436 e. The van der Waals surface area contributed by atoms with Crippen LogP contribution in [-0.2, 0) is 0 Å². The lowest BCUT2D eigenvalue weighted by molar-refractivity contribution is 0.460. The third-order valence-electron chi connectivity index (χ3n) is 5.62. The number of fused-ring (bicyclic) bond motifs is 2. The molecule has 0 saturated heterocycles. The second-order valence-electron chi connectivity index (χ2n) is 7.65. The van der Waals surface area contributed by atoms with Gasteiger partial charge in [0.25, 0.3) is 5.88 Å². The Morgan fingerprint density at radius 3 is 2.59 bits per heavy atom. The highest BCUT2D eigenvalue weighted by Gasteiger charge is 2.85. The second kappa shape index (κ2) is 5.76. The van der Waals surface area contributed by atoms with Crippen LogP contribution in [0.15, 0.2) is 18.2 Å². The van der Waals surface area contributed by atoms with E-state index in [1.165, 1.54) is 6.08 Å². The van der Waals surface area contributed by atoms with E-state index in [-0.39, 0.29) is 16.8 Å². The minimum Gasteiger partial charge on any atom is -0.436 e. The van der Waals surface area contributed by atoms with Crippen LogP contribution >= 0.6 is 0 Å². The van der Waals surface area contributed by atoms with E-state index in [9.17, 15) is 5.26 Å². The van der Waals surface area contributed by atoms with E-state index in [1.807, 2.05) is 32.0 Å². The summed E-state index contributed by atoms with van der Waals surface area (Å²) in [4.78, 5) is 8.90. The van der Waals surface area contributed by atoms with Crippen LogP contribution in [0.2, 0.25) is 0 Å². The molecule has 1 aromatic carbocycles. The van der Waals surface area contributed by atoms with E-state index in [4.69, 9.17) is 10.00 Å². The molecule has 2 aliphatic carbocycles. The molecule has 2 aliphatic rings. The summed E-state index contributed by atoms with van der Waals surface area (Å²) in [7, 11) is 0. The zero-order chi connectivity index (χ0) is 20.2. The predicted octanol–water partition coefficient (Wildman–Crippen LogP) is 3.16. The highest BCUT2D eigenvalue weighted by molar-refractivity contribution is 5.77. The Balaban J connectivity index is 1.49. The van der Waals surface area contributed by atoms with E-state index < -0.39 is 0 Å². The molecule has 29 heavy (non-hydrogen) atoms. The van der Waals surface area contributed by atoms with E-state index >= 15 is 0 Å². The van der Waals surface area contributed by atoms with Crippen molar-refractivity contribution in [3.05, 3.63) is 34.9 Å². The molecule has 2 saturated carbocycles. The van der Waals surface area contributed by atoms with Crippen molar-refractivity contribution >= 4 is 23.2 Å². The van der Waals surface area contributed by atoms with Crippen LogP contribution in [0.3, 0.4) is 0 Å². The average molecular weight is 384 g/mol. The van der Waals surface area contributed by atoms with Gasteiger partial charge in [0.15, 0.2) is 5.52 Å². The first-order valence-electron chi connectivity index (χ1n) is 9.12. The fourth-order valence-corrected chi connectivity index (χ4v) is 3.82. The summed E-state index contributed by atoms with van der Waals surface area (Å²) in [5, 5.41) is 32.0. The smallest absolute Gasteiger partial charge is 0.254 e. The third-order valence-corrected chi connectivity index (χ3v) is 5.62. The number of ether oxygens (including phenoxy) is 1. The lowest BCUT2D eigenvalue weighted by atomic mass is 10.1. The second-order valence-corrected chi connectivity index (χ2v) is 7.65. The number of rotatable bonds is 5. The molecule has 0 atom stereocenters. The molecule has 3 aromatic rings. The van der Waals surface area contributed by atoms with Gasteiger partial charge >= 0.3 is 0 Å². The van der Waals surface area contributed by atoms with Gasteiger partial charge in [-0.25, -0.2) is 0 Å². The quantitative estimate of drug-likeness (QED) is 0.640. The summed E-state index contributed by atoms with van der Waals surface area (Å²) in [6.07, 6.45) is 4.80. The number of nitrogens with one attached hydrogen (secondary N) is 2. The van der Waals surface area contributed by atoms with E-state index in [0.29, 0.717) is 22.9 Å². The molecule has 0 unspecified atom stereocenters. The van der Waals surface area contributed by atoms with Gasteiger partial charge in [-0.2, -0.15) is 25.7 Å². The van der Waals surface area contributed by atoms with E-state index in [2.05, 4.69) is 36.8 Å². The van der Waals surface area contributed by atoms with Gasteiger partial charge in [-0.05, 0) is 61.6 Å². The number of aryl methyl sites for hydroxylation is 2. The number of aromatic amines is 1. The molecular weight excluding hydrogens is 368 g/mol. The van der Waals surface area contributed by atoms with Crippen molar-refractivity contribution in [3.8, 4) is 23.8 Å². The molecule has 0 aliphatic heterocycles. The summed E-state index contributed by atoms with van der Waals surface area (Å²) in [5.74, 6) is 1.33. The Hall–Kier alpha value is -3.98. The Morgan fingerprint density at radius 2 is 1.93 bits per heavy atom. The number of hydrogen-bond donors (Lipinski definition) is 2. The summed E-state index contributed by atoms with van der Waals surface area (Å²) < 4.78 is 6.14. The van der Waals surface area contributed by atoms with Gasteiger partial charge in [0.2, 0.25) is 11.6 Å². The first-order chi connectivity index (χ1) is 14.0. The van der Waals surface area contributed by atoms with Gasteiger partial charge in [-0.15, -0.1) is 10.2 Å². The molecule has 9 heteroatoms. The van der Waals surface area contributed by atoms with E-state index in [0.717, 1.165) is 29.5 Å². The first-order valence-corrected chi connectivity index (χ1v) is 9.12. The van der Waals surface area contributed by atoms with Crippen molar-refractivity contribution in [2.45, 2.75) is 32.2 Å². The number of nitrogens with zero attached hydrogens (tertiary/aromatic N) is 6. The topological polar surface area (TPSA) is 136 Å². The van der Waals surface area contributed by atoms with Crippen LogP contribution in [0.25, 0.3) is 17.2 Å². The van der Waals surface area contributed by atoms with E-state index in [1.54, 1.807) is 6.08 Å². The summed E-state index contributed by atoms with van der Waals surface area (Å²) >= 11 is 0. The number of hydrogen-bond acceptors (Lipinski definition) is 8. The molecule has 0 amide bonds. The van der Waals surface area contributed by atoms with Crippen LogP contribution in [0.4, 0.5) is 5.95 Å². The average Bonchev–Trinajstić information content (AvgIpc) is 3.38. The van der Waals surface area contributed by atoms with Crippen LogP contribution in [0.5, 0.6) is 11.6 Å². The van der Waals surface area contributed by atoms with Gasteiger partial charge < -0.3 is 10.1 Å². The summed E-state index contributed by atoms with van der Waals surface area (Å²) in [5.41, 5.74) is 3.06. The minimum absolute atomic E-state index is 0.211. The highest BCUT2D eigenvalue weighted by Crippen LogP contribution is 2.79. The zero-order valence-electron chi connectivity index (χ0n) is 15.8. The fraction of sp³-hybridized carbons (Fsp3) is 0.300. The van der Waals surface area contributed by atoms with Gasteiger partial charge in [0.1, 0.15) is 5.75 Å². The fourth-order valence-electron chi connectivity index (χ4n) is 3.82. The zero-order valence-corrected chi connectivity index (χ0v) is 15.8. The molecule has 0 radical (unpaired) electrons. The molecule has 2 N–H and O–H groups in total. The minimum atomic E-state index is -0.268. The van der Waals surface area contributed by atoms with Crippen molar-refractivity contribution < 1.29 is 4.74 Å². The summed E-state index contributed by atoms with van der Waals surface area (Å²) in [6, 6.07) is 8.23. The van der Waals surface area contributed by atoms with Crippen molar-refractivity contribution in [2.75, 3.05) is 5.32 Å². The van der Waals surface area contributed by atoms with Crippen LogP contribution in [-0.4, -0.2) is 30.9 Å². The molecule has 0 spiro atoms. The maximum atomic E-state index is 9.27. The Labute approximate surface area is 166 Å². The van der Waals surface area contributed by atoms with Crippen molar-refractivity contribution in [1.82, 2.24) is 25.4 Å². The van der Waals surface area contributed by atoms with Gasteiger partial charge in [-0.1, -0.05) is 0 Å². The number of anilines is 1. The molecule has 0 bridgehead atoms. The monoisotopic (exact) mass is 384 g/mol. The van der Waals surface area contributed by atoms with Gasteiger partial charge in [0, 0.05) is 6.08 Å². The molecule has 2 heterocycles. The number of allylic oxidation sites excluding steroid dienone is 1. The van der Waals surface area contributed by atoms with Crippen LogP contribution < -0.4 is 10.1 Å². The molecule has 2 aromatic heterocycles. The number of H-pyrrole nitrogens is 1. The number of nitriles is 2. The van der Waals surface area contributed by atoms with Crippen molar-refractivity contribution in [3.63, 3.8) is 0 Å². The number of aromatic nitrogens is 5. The standard InChI is InChI=1S/C20H16N8O/c1-11-6-13(4-3-5-21)7-12(2)15(11)29-17-14-16(27-28-26-14)23-18(24-17)25-20-8-19(20,9-20)10-22/h3-4,6-7H,8-9H2,1-2H3,(H2,23,24,25,26,27,28)/b4-3+. The molecule has 2 fully saturated rings. The first kappa shape index (κ1) is 17.1. The normalized spacial score (nSPS) is 24.0. The van der Waals surface area contributed by atoms with Gasteiger partial charge in [-0.3, -0.25) is 0 Å². The lowest BCUT2D eigenvalue weighted by Crippen LogP contribution is -2.13. The SMILES string of the molecule is Cc1cc(/C=C/C#N)cc(C)c1Oc1nc(NC23CC2(C#N)C3)nc2n[nH]nc12. The van der Waals surface area contributed by atoms with Crippen LogP contribution in [0, 0.1) is 41.9 Å².